The third-order valence-corrected chi connectivity index (χ3v) is 5.37. The lowest BCUT2D eigenvalue weighted by Gasteiger charge is -2.31. The van der Waals surface area contributed by atoms with Crippen LogP contribution < -0.4 is 5.32 Å². The monoisotopic (exact) mass is 356 g/mol. The summed E-state index contributed by atoms with van der Waals surface area (Å²) < 4.78 is 14.3. The molecule has 6 heteroatoms. The van der Waals surface area contributed by atoms with Crippen molar-refractivity contribution < 1.29 is 9.47 Å². The first-order valence-corrected chi connectivity index (χ1v) is 9.42. The second-order valence-corrected chi connectivity index (χ2v) is 7.53. The Balaban J connectivity index is 1.35. The van der Waals surface area contributed by atoms with Crippen LogP contribution in [0.5, 0.6) is 0 Å². The van der Waals surface area contributed by atoms with E-state index in [-0.39, 0.29) is 5.60 Å². The topological polar surface area (TPSA) is 51.5 Å². The summed E-state index contributed by atoms with van der Waals surface area (Å²) in [5.74, 6) is 1.59. The van der Waals surface area contributed by atoms with Crippen molar-refractivity contribution in [3.8, 4) is 0 Å². The molecule has 1 aromatic heterocycles. The number of hydrogen-bond donors (Lipinski definition) is 1. The second kappa shape index (κ2) is 7.78. The lowest BCUT2D eigenvalue weighted by atomic mass is 9.94. The van der Waals surface area contributed by atoms with Crippen LogP contribution in [0, 0.1) is 5.92 Å². The number of nitrogens with one attached hydrogen (secondary N) is 1. The molecule has 2 aliphatic heterocycles. The molecular weight excluding hydrogens is 328 g/mol. The Morgan fingerprint density at radius 1 is 1.31 bits per heavy atom. The molecule has 0 saturated carbocycles. The van der Waals surface area contributed by atoms with Crippen LogP contribution in [0.3, 0.4) is 0 Å². The van der Waals surface area contributed by atoms with E-state index in [1.54, 1.807) is 0 Å². The van der Waals surface area contributed by atoms with Crippen LogP contribution in [0.25, 0.3) is 0 Å². The Kier molecular flexibility index (Phi) is 5.24. The molecule has 0 amide bonds. The zero-order valence-corrected chi connectivity index (χ0v) is 15.4. The number of aromatic nitrogens is 2. The summed E-state index contributed by atoms with van der Waals surface area (Å²) in [6.45, 7) is 5.83. The minimum atomic E-state index is -0.190. The van der Waals surface area contributed by atoms with E-state index in [4.69, 9.17) is 9.47 Å². The van der Waals surface area contributed by atoms with Crippen LogP contribution in [0.1, 0.15) is 12.2 Å². The Bertz CT molecular complexity index is 705. The van der Waals surface area contributed by atoms with Gasteiger partial charge in [-0.15, -0.1) is 0 Å². The molecule has 2 fully saturated rings. The number of anilines is 1. The van der Waals surface area contributed by atoms with Crippen molar-refractivity contribution in [2.75, 3.05) is 44.8 Å². The van der Waals surface area contributed by atoms with Crippen molar-refractivity contribution in [2.24, 2.45) is 13.0 Å². The number of benzene rings is 1. The van der Waals surface area contributed by atoms with Gasteiger partial charge in [0.2, 0.25) is 0 Å². The van der Waals surface area contributed by atoms with Gasteiger partial charge >= 0.3 is 0 Å². The van der Waals surface area contributed by atoms with Gasteiger partial charge in [0.1, 0.15) is 11.4 Å². The van der Waals surface area contributed by atoms with Gasteiger partial charge in [-0.3, -0.25) is 4.90 Å². The van der Waals surface area contributed by atoms with Crippen LogP contribution in [-0.2, 0) is 23.1 Å². The van der Waals surface area contributed by atoms with Gasteiger partial charge in [0, 0.05) is 50.7 Å². The maximum atomic E-state index is 6.31. The lowest BCUT2D eigenvalue weighted by Crippen LogP contribution is -2.44. The van der Waals surface area contributed by atoms with Gasteiger partial charge in [-0.1, -0.05) is 18.2 Å². The third kappa shape index (κ3) is 4.09. The van der Waals surface area contributed by atoms with Gasteiger partial charge in [-0.2, -0.15) is 0 Å². The summed E-state index contributed by atoms with van der Waals surface area (Å²) in [6, 6.07) is 10.4. The molecule has 1 N–H and O–H groups in total. The smallest absolute Gasteiger partial charge is 0.122 e. The highest BCUT2D eigenvalue weighted by atomic mass is 16.5. The van der Waals surface area contributed by atoms with Crippen molar-refractivity contribution in [1.29, 1.82) is 0 Å². The summed E-state index contributed by atoms with van der Waals surface area (Å²) >= 11 is 0. The van der Waals surface area contributed by atoms with E-state index < -0.39 is 0 Å². The van der Waals surface area contributed by atoms with Crippen LogP contribution >= 0.6 is 0 Å². The quantitative estimate of drug-likeness (QED) is 0.890. The molecule has 2 aliphatic rings. The second-order valence-electron chi connectivity index (χ2n) is 7.53. The molecular formula is C20H28N4O2. The highest BCUT2D eigenvalue weighted by Crippen LogP contribution is 2.33. The van der Waals surface area contributed by atoms with Crippen molar-refractivity contribution in [3.63, 3.8) is 0 Å². The van der Waals surface area contributed by atoms with Crippen molar-refractivity contribution in [2.45, 2.75) is 18.6 Å². The summed E-state index contributed by atoms with van der Waals surface area (Å²) in [7, 11) is 2.05. The molecule has 1 spiro atoms. The SMILES string of the molecule is Cn1ccnc1CN1CCOC[C@]2(C[C@@H](CNc3ccccc3)CO2)C1. The Morgan fingerprint density at radius 2 is 2.19 bits per heavy atom. The molecule has 0 radical (unpaired) electrons. The Morgan fingerprint density at radius 3 is 3.00 bits per heavy atom. The minimum absolute atomic E-state index is 0.190. The fourth-order valence-corrected chi connectivity index (χ4v) is 3.97. The van der Waals surface area contributed by atoms with Gasteiger partial charge in [-0.05, 0) is 18.6 Å². The number of aryl methyl sites for hydroxylation is 1. The molecule has 2 saturated heterocycles. The van der Waals surface area contributed by atoms with Crippen LogP contribution in [0.4, 0.5) is 5.69 Å². The van der Waals surface area contributed by atoms with Gasteiger partial charge < -0.3 is 19.4 Å². The zero-order valence-electron chi connectivity index (χ0n) is 15.4. The molecule has 3 heterocycles. The van der Waals surface area contributed by atoms with E-state index in [0.29, 0.717) is 12.5 Å². The average molecular weight is 356 g/mol. The largest absolute Gasteiger partial charge is 0.385 e. The van der Waals surface area contributed by atoms with E-state index in [1.165, 1.54) is 5.69 Å². The molecule has 6 nitrogen and oxygen atoms in total. The van der Waals surface area contributed by atoms with Crippen LogP contribution in [0.15, 0.2) is 42.7 Å². The predicted molar refractivity (Wildman–Crippen MR) is 101 cm³/mol. The Labute approximate surface area is 155 Å². The first-order chi connectivity index (χ1) is 12.7. The fraction of sp³-hybridized carbons (Fsp3) is 0.550. The number of imidazole rings is 1. The molecule has 0 aliphatic carbocycles. The summed E-state index contributed by atoms with van der Waals surface area (Å²) in [5, 5.41) is 3.53. The summed E-state index contributed by atoms with van der Waals surface area (Å²) in [4.78, 5) is 6.88. The third-order valence-electron chi connectivity index (χ3n) is 5.37. The molecule has 2 aromatic rings. The fourth-order valence-electron chi connectivity index (χ4n) is 3.97. The van der Waals surface area contributed by atoms with Gasteiger partial charge in [-0.25, -0.2) is 4.98 Å². The molecule has 4 rings (SSSR count). The molecule has 26 heavy (non-hydrogen) atoms. The normalized spacial score (nSPS) is 26.9. The Hall–Kier alpha value is -1.89. The highest BCUT2D eigenvalue weighted by Gasteiger charge is 2.43. The van der Waals surface area contributed by atoms with E-state index in [0.717, 1.165) is 51.6 Å². The molecule has 1 aromatic carbocycles. The average Bonchev–Trinajstić information content (AvgIpc) is 3.18. The summed E-state index contributed by atoms with van der Waals surface area (Å²) in [5.41, 5.74) is 0.979. The first-order valence-electron chi connectivity index (χ1n) is 9.42. The lowest BCUT2D eigenvalue weighted by molar-refractivity contribution is -0.0564. The molecule has 140 valence electrons. The summed E-state index contributed by atoms with van der Waals surface area (Å²) in [6.07, 6.45) is 4.89. The molecule has 0 unspecified atom stereocenters. The van der Waals surface area contributed by atoms with Gasteiger partial charge in [0.15, 0.2) is 0 Å². The minimum Gasteiger partial charge on any atom is -0.385 e. The van der Waals surface area contributed by atoms with E-state index in [9.17, 15) is 0 Å². The van der Waals surface area contributed by atoms with Crippen molar-refractivity contribution in [3.05, 3.63) is 48.5 Å². The number of hydrogen-bond acceptors (Lipinski definition) is 5. The number of rotatable bonds is 5. The number of ether oxygens (including phenoxy) is 2. The molecule has 2 atom stereocenters. The van der Waals surface area contributed by atoms with E-state index in [1.807, 2.05) is 25.5 Å². The highest BCUT2D eigenvalue weighted by molar-refractivity contribution is 5.42. The van der Waals surface area contributed by atoms with Gasteiger partial charge in [0.05, 0.1) is 26.4 Å². The van der Waals surface area contributed by atoms with Gasteiger partial charge in [0.25, 0.3) is 0 Å². The first kappa shape index (κ1) is 17.5. The maximum absolute atomic E-state index is 6.31. The molecule has 0 bridgehead atoms. The van der Waals surface area contributed by atoms with E-state index >= 15 is 0 Å². The number of para-hydroxylation sites is 1. The van der Waals surface area contributed by atoms with Crippen molar-refractivity contribution in [1.82, 2.24) is 14.5 Å². The predicted octanol–water partition coefficient (Wildman–Crippen LogP) is 2.14. The standard InChI is InChI=1S/C20H28N4O2/c1-23-8-7-21-19(23)13-24-9-10-25-16-20(15-24)11-17(14-26-20)12-22-18-5-3-2-4-6-18/h2-8,17,22H,9-16H2,1H3/t17-,20-/m0/s1. The van der Waals surface area contributed by atoms with Crippen LogP contribution in [-0.4, -0.2) is 59.5 Å². The van der Waals surface area contributed by atoms with Crippen molar-refractivity contribution >= 4 is 5.69 Å². The van der Waals surface area contributed by atoms with Crippen LogP contribution in [0.2, 0.25) is 0 Å². The number of nitrogens with zero attached hydrogens (tertiary/aromatic N) is 3. The van der Waals surface area contributed by atoms with E-state index in [2.05, 4.69) is 44.0 Å². The maximum Gasteiger partial charge on any atom is 0.122 e. The zero-order chi connectivity index (χ0) is 17.8.